The molecule has 1 N–H and O–H groups in total. The molecule has 0 unspecified atom stereocenters. The lowest BCUT2D eigenvalue weighted by Crippen LogP contribution is -2.30. The molecule has 1 aromatic rings. The Labute approximate surface area is 152 Å². The molecule has 6 heteroatoms. The van der Waals surface area contributed by atoms with Crippen LogP contribution >= 0.6 is 45.2 Å². The van der Waals surface area contributed by atoms with Crippen LogP contribution in [-0.2, 0) is 4.79 Å². The van der Waals surface area contributed by atoms with Gasteiger partial charge in [-0.2, -0.15) is 5.26 Å². The van der Waals surface area contributed by atoms with Crippen LogP contribution in [0, 0.1) is 18.5 Å². The fourth-order valence-electron chi connectivity index (χ4n) is 1.60. The lowest BCUT2D eigenvalue weighted by molar-refractivity contribution is -0.117. The van der Waals surface area contributed by atoms with Crippen molar-refractivity contribution < 1.29 is 9.53 Å². The van der Waals surface area contributed by atoms with E-state index in [2.05, 4.69) is 50.5 Å². The summed E-state index contributed by atoms with van der Waals surface area (Å²) in [5.41, 5.74) is 0.905. The van der Waals surface area contributed by atoms with Gasteiger partial charge in [0.25, 0.3) is 5.91 Å². The molecular formula is C15H16I2N2O2. The smallest absolute Gasteiger partial charge is 0.262 e. The van der Waals surface area contributed by atoms with Gasteiger partial charge >= 0.3 is 0 Å². The minimum absolute atomic E-state index is 0.00477. The highest BCUT2D eigenvalue weighted by atomic mass is 127. The monoisotopic (exact) mass is 510 g/mol. The van der Waals surface area contributed by atoms with E-state index in [0.29, 0.717) is 6.61 Å². The first kappa shape index (κ1) is 18.2. The number of rotatable bonds is 5. The van der Waals surface area contributed by atoms with Gasteiger partial charge in [-0.05, 0) is 89.7 Å². The van der Waals surface area contributed by atoms with E-state index in [9.17, 15) is 4.79 Å². The van der Waals surface area contributed by atoms with Gasteiger partial charge in [0, 0.05) is 6.04 Å². The second-order valence-corrected chi connectivity index (χ2v) is 6.87. The van der Waals surface area contributed by atoms with E-state index in [4.69, 9.17) is 10.00 Å². The molecule has 0 aliphatic rings. The number of nitrogens with one attached hydrogen (secondary N) is 1. The van der Waals surface area contributed by atoms with Crippen LogP contribution in [0.4, 0.5) is 0 Å². The SMILES string of the molecule is CCOc1c(I)cc(/C=C(/C#N)C(=O)NC(C)C)cc1I. The normalized spacial score (nSPS) is 11.2. The van der Waals surface area contributed by atoms with Crippen LogP contribution in [0.5, 0.6) is 5.75 Å². The molecule has 0 aliphatic carbocycles. The first-order chi connectivity index (χ1) is 9.88. The van der Waals surface area contributed by atoms with Gasteiger partial charge in [-0.25, -0.2) is 0 Å². The summed E-state index contributed by atoms with van der Waals surface area (Å²) in [4.78, 5) is 11.9. The number of carbonyl (C=O) groups excluding carboxylic acids is 1. The number of benzene rings is 1. The van der Waals surface area contributed by atoms with Crippen molar-refractivity contribution in [2.75, 3.05) is 6.61 Å². The largest absolute Gasteiger partial charge is 0.492 e. The minimum Gasteiger partial charge on any atom is -0.492 e. The summed E-state index contributed by atoms with van der Waals surface area (Å²) in [5.74, 6) is 0.479. The molecule has 112 valence electrons. The minimum atomic E-state index is -0.355. The number of halogens is 2. The Morgan fingerprint density at radius 1 is 1.43 bits per heavy atom. The molecule has 0 spiro atoms. The van der Waals surface area contributed by atoms with E-state index in [1.165, 1.54) is 0 Å². The van der Waals surface area contributed by atoms with Crippen molar-refractivity contribution in [1.82, 2.24) is 5.32 Å². The Bertz CT molecular complexity index is 581. The van der Waals surface area contributed by atoms with Gasteiger partial charge in [-0.3, -0.25) is 4.79 Å². The number of nitrogens with zero attached hydrogens (tertiary/aromatic N) is 1. The molecule has 1 rings (SSSR count). The van der Waals surface area contributed by atoms with E-state index < -0.39 is 0 Å². The van der Waals surface area contributed by atoms with Crippen molar-refractivity contribution >= 4 is 57.2 Å². The first-order valence-electron chi connectivity index (χ1n) is 6.43. The molecule has 0 aromatic heterocycles. The third-order valence-electron chi connectivity index (χ3n) is 2.41. The first-order valence-corrected chi connectivity index (χ1v) is 8.59. The fraction of sp³-hybridized carbons (Fsp3) is 0.333. The molecule has 1 aromatic carbocycles. The fourth-order valence-corrected chi connectivity index (χ4v) is 3.73. The maximum Gasteiger partial charge on any atom is 0.262 e. The number of carbonyl (C=O) groups is 1. The second kappa shape index (κ2) is 8.58. The predicted molar refractivity (Wildman–Crippen MR) is 99.9 cm³/mol. The zero-order valence-electron chi connectivity index (χ0n) is 12.0. The predicted octanol–water partition coefficient (Wildman–Crippen LogP) is 3.73. The molecule has 4 nitrogen and oxygen atoms in total. The summed E-state index contributed by atoms with van der Waals surface area (Å²) >= 11 is 4.38. The summed E-state index contributed by atoms with van der Waals surface area (Å²) in [6.07, 6.45) is 1.60. The van der Waals surface area contributed by atoms with Crippen molar-refractivity contribution in [3.63, 3.8) is 0 Å². The van der Waals surface area contributed by atoms with Crippen molar-refractivity contribution in [1.29, 1.82) is 5.26 Å². The van der Waals surface area contributed by atoms with Gasteiger partial charge in [-0.1, -0.05) is 0 Å². The second-order valence-electron chi connectivity index (χ2n) is 4.54. The van der Waals surface area contributed by atoms with Gasteiger partial charge in [0.05, 0.1) is 13.7 Å². The summed E-state index contributed by atoms with van der Waals surface area (Å²) < 4.78 is 7.48. The third kappa shape index (κ3) is 5.47. The summed E-state index contributed by atoms with van der Waals surface area (Å²) in [5, 5.41) is 11.9. The molecule has 0 fully saturated rings. The number of hydrogen-bond acceptors (Lipinski definition) is 3. The standard InChI is InChI=1S/C15H16I2N2O2/c1-4-21-14-12(16)6-10(7-13(14)17)5-11(8-18)15(20)19-9(2)3/h5-7,9H,4H2,1-3H3,(H,19,20)/b11-5-. The van der Waals surface area contributed by atoms with Crippen LogP contribution in [0.15, 0.2) is 17.7 Å². The highest BCUT2D eigenvalue weighted by Crippen LogP contribution is 2.29. The molecule has 21 heavy (non-hydrogen) atoms. The summed E-state index contributed by atoms with van der Waals surface area (Å²) in [7, 11) is 0. The maximum atomic E-state index is 11.9. The van der Waals surface area contributed by atoms with Crippen molar-refractivity contribution in [2.45, 2.75) is 26.8 Å². The topological polar surface area (TPSA) is 62.1 Å². The number of nitriles is 1. The average molecular weight is 510 g/mol. The molecule has 0 heterocycles. The van der Waals surface area contributed by atoms with Crippen LogP contribution in [0.25, 0.3) is 6.08 Å². The Kier molecular flexibility index (Phi) is 7.45. The van der Waals surface area contributed by atoms with E-state index in [-0.39, 0.29) is 17.5 Å². The molecule has 0 radical (unpaired) electrons. The number of hydrogen-bond donors (Lipinski definition) is 1. The Hall–Kier alpha value is -0.820. The van der Waals surface area contributed by atoms with Crippen LogP contribution in [0.2, 0.25) is 0 Å². The van der Waals surface area contributed by atoms with Gasteiger partial charge in [0.2, 0.25) is 0 Å². The van der Waals surface area contributed by atoms with Crippen molar-refractivity contribution in [2.24, 2.45) is 0 Å². The van der Waals surface area contributed by atoms with Crippen molar-refractivity contribution in [3.05, 3.63) is 30.4 Å². The van der Waals surface area contributed by atoms with Gasteiger partial charge < -0.3 is 10.1 Å². The zero-order chi connectivity index (χ0) is 16.0. The van der Waals surface area contributed by atoms with Gasteiger partial charge in [-0.15, -0.1) is 0 Å². The van der Waals surface area contributed by atoms with Crippen LogP contribution in [0.3, 0.4) is 0 Å². The molecule has 0 aliphatic heterocycles. The Morgan fingerprint density at radius 3 is 2.43 bits per heavy atom. The molecule has 0 bridgehead atoms. The van der Waals surface area contributed by atoms with E-state index in [1.54, 1.807) is 6.08 Å². The molecule has 0 saturated carbocycles. The number of ether oxygens (including phenoxy) is 1. The van der Waals surface area contributed by atoms with Crippen LogP contribution in [0.1, 0.15) is 26.3 Å². The molecule has 0 atom stereocenters. The highest BCUT2D eigenvalue weighted by molar-refractivity contribution is 14.1. The number of amides is 1. The van der Waals surface area contributed by atoms with Crippen LogP contribution in [-0.4, -0.2) is 18.6 Å². The summed E-state index contributed by atoms with van der Waals surface area (Å²) in [6.45, 7) is 6.25. The third-order valence-corrected chi connectivity index (χ3v) is 4.01. The highest BCUT2D eigenvalue weighted by Gasteiger charge is 2.12. The van der Waals surface area contributed by atoms with Crippen LogP contribution < -0.4 is 10.1 Å². The lowest BCUT2D eigenvalue weighted by Gasteiger charge is -2.10. The van der Waals surface area contributed by atoms with E-state index in [1.807, 2.05) is 39.0 Å². The summed E-state index contributed by atoms with van der Waals surface area (Å²) in [6, 6.07) is 5.74. The Balaban J connectivity index is 3.13. The van der Waals surface area contributed by atoms with E-state index in [0.717, 1.165) is 18.5 Å². The average Bonchev–Trinajstić information content (AvgIpc) is 2.39. The quantitative estimate of drug-likeness (QED) is 0.374. The van der Waals surface area contributed by atoms with E-state index >= 15 is 0 Å². The zero-order valence-corrected chi connectivity index (χ0v) is 16.4. The molecular weight excluding hydrogens is 494 g/mol. The maximum absolute atomic E-state index is 11.9. The molecule has 1 amide bonds. The molecule has 0 saturated heterocycles. The van der Waals surface area contributed by atoms with Gasteiger partial charge in [0.1, 0.15) is 17.4 Å². The lowest BCUT2D eigenvalue weighted by atomic mass is 10.1. The van der Waals surface area contributed by atoms with Gasteiger partial charge in [0.15, 0.2) is 0 Å². The van der Waals surface area contributed by atoms with Crippen molar-refractivity contribution in [3.8, 4) is 11.8 Å². The Morgan fingerprint density at radius 2 is 2.00 bits per heavy atom.